The van der Waals surface area contributed by atoms with Gasteiger partial charge in [-0.1, -0.05) is 19.1 Å². The molecule has 2 aliphatic rings. The number of ether oxygens (including phenoxy) is 1. The summed E-state index contributed by atoms with van der Waals surface area (Å²) in [7, 11) is 1.28. The number of nitrogens with one attached hydrogen (secondary N) is 1. The molecule has 3 atom stereocenters. The molecule has 0 aromatic carbocycles. The molecule has 0 heterocycles. The van der Waals surface area contributed by atoms with Crippen molar-refractivity contribution in [2.45, 2.75) is 39.5 Å². The van der Waals surface area contributed by atoms with Crippen molar-refractivity contribution in [1.82, 2.24) is 5.32 Å². The number of amides is 1. The minimum absolute atomic E-state index is 0.0240. The zero-order valence-corrected chi connectivity index (χ0v) is 14.1. The van der Waals surface area contributed by atoms with Crippen molar-refractivity contribution in [2.24, 2.45) is 17.8 Å². The molecule has 0 aromatic rings. The van der Waals surface area contributed by atoms with Crippen LogP contribution in [0, 0.1) is 17.8 Å². The maximum Gasteiger partial charge on any atom is 0.325 e. The third-order valence-corrected chi connectivity index (χ3v) is 5.28. The molecular formula is C18H25NO4. The maximum absolute atomic E-state index is 12.2. The average Bonchev–Trinajstić information content (AvgIpc) is 2.72. The lowest BCUT2D eigenvalue weighted by Gasteiger charge is -2.19. The first-order valence-corrected chi connectivity index (χ1v) is 8.11. The van der Waals surface area contributed by atoms with E-state index in [9.17, 15) is 14.4 Å². The van der Waals surface area contributed by atoms with Crippen molar-refractivity contribution in [2.75, 3.05) is 13.7 Å². The highest BCUT2D eigenvalue weighted by Crippen LogP contribution is 2.45. The molecule has 1 amide bonds. The number of esters is 1. The Balaban J connectivity index is 2.08. The van der Waals surface area contributed by atoms with Gasteiger partial charge in [-0.2, -0.15) is 0 Å². The molecule has 0 radical (unpaired) electrons. The van der Waals surface area contributed by atoms with Crippen LogP contribution in [0.3, 0.4) is 0 Å². The first-order chi connectivity index (χ1) is 10.8. The number of rotatable bonds is 4. The van der Waals surface area contributed by atoms with Crippen LogP contribution in [0.25, 0.3) is 0 Å². The summed E-state index contributed by atoms with van der Waals surface area (Å²) in [5.41, 5.74) is 2.56. The Morgan fingerprint density at radius 3 is 2.65 bits per heavy atom. The zero-order valence-electron chi connectivity index (χ0n) is 14.1. The molecule has 1 fully saturated rings. The van der Waals surface area contributed by atoms with Gasteiger partial charge in [0.05, 0.1) is 7.11 Å². The Labute approximate surface area is 137 Å². The molecule has 1 N–H and O–H groups in total. The minimum atomic E-state index is -0.486. The van der Waals surface area contributed by atoms with Crippen molar-refractivity contribution >= 4 is 17.7 Å². The van der Waals surface area contributed by atoms with Crippen molar-refractivity contribution in [3.8, 4) is 0 Å². The van der Waals surface area contributed by atoms with Gasteiger partial charge in [0.15, 0.2) is 5.78 Å². The number of hydrogen-bond donors (Lipinski definition) is 1. The van der Waals surface area contributed by atoms with E-state index in [0.717, 1.165) is 24.8 Å². The van der Waals surface area contributed by atoms with Gasteiger partial charge in [-0.3, -0.25) is 14.4 Å². The Hall–Kier alpha value is -1.91. The number of hydrogen-bond acceptors (Lipinski definition) is 4. The van der Waals surface area contributed by atoms with E-state index >= 15 is 0 Å². The van der Waals surface area contributed by atoms with Gasteiger partial charge >= 0.3 is 5.97 Å². The average molecular weight is 319 g/mol. The third kappa shape index (κ3) is 3.71. The number of carbonyl (C=O) groups is 3. The fourth-order valence-electron chi connectivity index (χ4n) is 3.64. The topological polar surface area (TPSA) is 72.5 Å². The highest BCUT2D eigenvalue weighted by Gasteiger charge is 2.37. The largest absolute Gasteiger partial charge is 0.468 e. The van der Waals surface area contributed by atoms with Crippen molar-refractivity contribution in [1.29, 1.82) is 0 Å². The molecule has 5 heteroatoms. The molecule has 5 nitrogen and oxygen atoms in total. The van der Waals surface area contributed by atoms with Gasteiger partial charge in [-0.25, -0.2) is 0 Å². The highest BCUT2D eigenvalue weighted by molar-refractivity contribution is 5.99. The lowest BCUT2D eigenvalue weighted by molar-refractivity contribution is -0.140. The summed E-state index contributed by atoms with van der Waals surface area (Å²) < 4.78 is 4.51. The molecule has 2 rings (SSSR count). The monoisotopic (exact) mass is 319 g/mol. The van der Waals surface area contributed by atoms with Gasteiger partial charge in [0, 0.05) is 12.0 Å². The third-order valence-electron chi connectivity index (χ3n) is 5.28. The van der Waals surface area contributed by atoms with E-state index in [0.29, 0.717) is 23.8 Å². The van der Waals surface area contributed by atoms with Crippen LogP contribution in [0.2, 0.25) is 0 Å². The summed E-state index contributed by atoms with van der Waals surface area (Å²) in [5, 5.41) is 2.55. The van der Waals surface area contributed by atoms with E-state index < -0.39 is 5.97 Å². The van der Waals surface area contributed by atoms with Crippen molar-refractivity contribution in [3.63, 3.8) is 0 Å². The van der Waals surface area contributed by atoms with E-state index in [1.807, 2.05) is 6.92 Å². The second-order valence-electron chi connectivity index (χ2n) is 6.62. The molecule has 0 spiro atoms. The van der Waals surface area contributed by atoms with Crippen LogP contribution in [-0.2, 0) is 19.1 Å². The van der Waals surface area contributed by atoms with Crippen molar-refractivity contribution < 1.29 is 19.1 Å². The van der Waals surface area contributed by atoms with Crippen LogP contribution in [0.5, 0.6) is 0 Å². The van der Waals surface area contributed by atoms with E-state index in [2.05, 4.69) is 23.6 Å². The SMILES string of the molecule is C=C(C(=O)NCC(=O)OC)[C@H]1CCC(C)C2CC(=O)C(C)=C2C1. The lowest BCUT2D eigenvalue weighted by atomic mass is 9.86. The van der Waals surface area contributed by atoms with Crippen LogP contribution < -0.4 is 5.32 Å². The van der Waals surface area contributed by atoms with E-state index in [4.69, 9.17) is 0 Å². The molecule has 1 saturated carbocycles. The zero-order chi connectivity index (χ0) is 17.1. The van der Waals surface area contributed by atoms with Crippen LogP contribution in [0.15, 0.2) is 23.3 Å². The quantitative estimate of drug-likeness (QED) is 0.637. The number of Topliss-reactive ketones (excluding diaryl/α,β-unsaturated/α-hetero) is 1. The Bertz CT molecular complexity index is 576. The summed E-state index contributed by atoms with van der Waals surface area (Å²) in [6.45, 7) is 7.86. The molecule has 126 valence electrons. The van der Waals surface area contributed by atoms with Gasteiger partial charge in [0.25, 0.3) is 0 Å². The number of fused-ring (bicyclic) bond motifs is 1. The maximum atomic E-state index is 12.2. The second-order valence-corrected chi connectivity index (χ2v) is 6.62. The Kier molecular flexibility index (Phi) is 5.39. The fourth-order valence-corrected chi connectivity index (χ4v) is 3.64. The van der Waals surface area contributed by atoms with Crippen LogP contribution in [0.1, 0.15) is 39.5 Å². The van der Waals surface area contributed by atoms with Gasteiger partial charge < -0.3 is 10.1 Å². The predicted octanol–water partition coefficient (Wildman–Crippen LogP) is 2.17. The summed E-state index contributed by atoms with van der Waals surface area (Å²) in [6.07, 6.45) is 3.18. The van der Waals surface area contributed by atoms with E-state index in [1.54, 1.807) is 0 Å². The van der Waals surface area contributed by atoms with Crippen LogP contribution in [-0.4, -0.2) is 31.3 Å². The molecule has 2 aliphatic carbocycles. The predicted molar refractivity (Wildman–Crippen MR) is 86.5 cm³/mol. The number of ketones is 1. The molecule has 23 heavy (non-hydrogen) atoms. The second kappa shape index (κ2) is 7.11. The minimum Gasteiger partial charge on any atom is -0.468 e. The summed E-state index contributed by atoms with van der Waals surface area (Å²) in [5.74, 6) is 0.227. The molecule has 2 unspecified atom stereocenters. The highest BCUT2D eigenvalue weighted by atomic mass is 16.5. The summed E-state index contributed by atoms with van der Waals surface area (Å²) in [6, 6.07) is 0. The van der Waals surface area contributed by atoms with Gasteiger partial charge in [-0.05, 0) is 49.5 Å². The van der Waals surface area contributed by atoms with E-state index in [-0.39, 0.29) is 24.2 Å². The molecular weight excluding hydrogens is 294 g/mol. The molecule has 0 saturated heterocycles. The fraction of sp³-hybridized carbons (Fsp3) is 0.611. The lowest BCUT2D eigenvalue weighted by Crippen LogP contribution is -2.33. The first-order valence-electron chi connectivity index (χ1n) is 8.11. The number of carbonyl (C=O) groups excluding carboxylic acids is 3. The normalized spacial score (nSPS) is 27.3. The van der Waals surface area contributed by atoms with Crippen molar-refractivity contribution in [3.05, 3.63) is 23.3 Å². The van der Waals surface area contributed by atoms with Crippen LogP contribution >= 0.6 is 0 Å². The smallest absolute Gasteiger partial charge is 0.325 e. The number of methoxy groups -OCH3 is 1. The van der Waals surface area contributed by atoms with E-state index in [1.165, 1.54) is 12.7 Å². The molecule has 0 aromatic heterocycles. The first kappa shape index (κ1) is 17.4. The van der Waals surface area contributed by atoms with Crippen LogP contribution in [0.4, 0.5) is 0 Å². The Morgan fingerprint density at radius 2 is 2.00 bits per heavy atom. The van der Waals surface area contributed by atoms with Gasteiger partial charge in [0.2, 0.25) is 5.91 Å². The standard InChI is InChI=1S/C18H25NO4/c1-10-5-6-13(7-15-12(3)16(20)8-14(10)15)11(2)18(22)19-9-17(21)23-4/h10,13-14H,2,5-9H2,1,3-4H3,(H,19,22)/t10?,13-,14?/m0/s1. The summed E-state index contributed by atoms with van der Waals surface area (Å²) in [4.78, 5) is 35.3. The molecule has 0 bridgehead atoms. The van der Waals surface area contributed by atoms with Gasteiger partial charge in [0.1, 0.15) is 6.54 Å². The number of allylic oxidation sites excluding steroid dienone is 2. The van der Waals surface area contributed by atoms with Gasteiger partial charge in [-0.15, -0.1) is 0 Å². The molecule has 0 aliphatic heterocycles. The Morgan fingerprint density at radius 1 is 1.30 bits per heavy atom. The summed E-state index contributed by atoms with van der Waals surface area (Å²) >= 11 is 0.